The van der Waals surface area contributed by atoms with Crippen LogP contribution in [0, 0.1) is 0 Å². The third-order valence-electron chi connectivity index (χ3n) is 5.05. The Morgan fingerprint density at radius 3 is 2.31 bits per heavy atom. The maximum Gasteiger partial charge on any atom is 0.231 e. The summed E-state index contributed by atoms with van der Waals surface area (Å²) in [6.45, 7) is 0.704. The Bertz CT molecular complexity index is 892. The summed E-state index contributed by atoms with van der Waals surface area (Å²) < 4.78 is 39.8. The molecule has 2 atom stereocenters. The molecule has 0 saturated heterocycles. The van der Waals surface area contributed by atoms with Crippen molar-refractivity contribution in [2.24, 2.45) is 0 Å². The average molecular weight is 358 g/mol. The van der Waals surface area contributed by atoms with Gasteiger partial charge in [-0.15, -0.1) is 0 Å². The third kappa shape index (κ3) is 1.94. The molecule has 3 heterocycles. The number of benzene rings is 2. The Morgan fingerprint density at radius 1 is 0.808 bits per heavy atom. The molecule has 2 unspecified atom stereocenters. The molecule has 7 nitrogen and oxygen atoms in total. The Balaban J connectivity index is 1.63. The van der Waals surface area contributed by atoms with Crippen molar-refractivity contribution in [2.45, 2.75) is 12.0 Å². The second-order valence-corrected chi connectivity index (χ2v) is 6.26. The van der Waals surface area contributed by atoms with Gasteiger partial charge in [0.05, 0.1) is 33.9 Å². The van der Waals surface area contributed by atoms with Crippen LogP contribution in [0.15, 0.2) is 18.2 Å². The summed E-state index contributed by atoms with van der Waals surface area (Å²) in [4.78, 5) is 0. The lowest BCUT2D eigenvalue weighted by Crippen LogP contribution is -2.24. The van der Waals surface area contributed by atoms with E-state index in [0.717, 1.165) is 22.6 Å². The highest BCUT2D eigenvalue weighted by molar-refractivity contribution is 5.66. The van der Waals surface area contributed by atoms with Crippen LogP contribution in [-0.4, -0.2) is 34.7 Å². The fourth-order valence-electron chi connectivity index (χ4n) is 3.85. The van der Waals surface area contributed by atoms with E-state index in [9.17, 15) is 0 Å². The lowest BCUT2D eigenvalue weighted by molar-refractivity contribution is 0.133. The van der Waals surface area contributed by atoms with E-state index in [-0.39, 0.29) is 18.8 Å². The normalized spacial score (nSPS) is 21.0. The van der Waals surface area contributed by atoms with Gasteiger partial charge in [-0.25, -0.2) is 0 Å². The molecule has 0 bridgehead atoms. The van der Waals surface area contributed by atoms with Crippen molar-refractivity contribution in [3.05, 3.63) is 29.3 Å². The van der Waals surface area contributed by atoms with Gasteiger partial charge in [0.15, 0.2) is 23.0 Å². The van der Waals surface area contributed by atoms with Crippen molar-refractivity contribution in [3.8, 4) is 40.2 Å². The minimum atomic E-state index is -0.204. The molecule has 0 amide bonds. The first-order valence-electron chi connectivity index (χ1n) is 8.31. The number of fused-ring (bicyclic) bond motifs is 6. The molecule has 0 aliphatic carbocycles. The fourth-order valence-corrected chi connectivity index (χ4v) is 3.85. The molecule has 0 saturated carbocycles. The fraction of sp³-hybridized carbons (Fsp3) is 0.368. The van der Waals surface area contributed by atoms with Gasteiger partial charge in [0.25, 0.3) is 0 Å². The molecular formula is C19H18O7. The highest BCUT2D eigenvalue weighted by Crippen LogP contribution is 2.58. The maximum absolute atomic E-state index is 6.27. The summed E-state index contributed by atoms with van der Waals surface area (Å²) in [7, 11) is 4.74. The predicted molar refractivity (Wildman–Crippen MR) is 90.3 cm³/mol. The Hall–Kier alpha value is -2.96. The second kappa shape index (κ2) is 5.52. The molecule has 0 radical (unpaired) electrons. The standard InChI is InChI=1S/C19H18O7/c1-20-15-5-10-16-11(7-23-17(10)19(22-3)18(15)21-2)9-4-13-14(25-8-24-13)6-12(9)26-16/h4-6,11,16H,7-8H2,1-3H3. The third-order valence-corrected chi connectivity index (χ3v) is 5.05. The summed E-state index contributed by atoms with van der Waals surface area (Å²) in [6, 6.07) is 5.75. The molecule has 5 rings (SSSR count). The van der Waals surface area contributed by atoms with E-state index < -0.39 is 0 Å². The number of methoxy groups -OCH3 is 3. The molecule has 136 valence electrons. The summed E-state index contributed by atoms with van der Waals surface area (Å²) in [5.74, 6) is 4.49. The van der Waals surface area contributed by atoms with Gasteiger partial charge >= 0.3 is 0 Å². The molecule has 26 heavy (non-hydrogen) atoms. The van der Waals surface area contributed by atoms with Crippen molar-refractivity contribution in [3.63, 3.8) is 0 Å². The minimum Gasteiger partial charge on any atom is -0.493 e. The number of hydrogen-bond acceptors (Lipinski definition) is 7. The zero-order valence-corrected chi connectivity index (χ0v) is 14.7. The Morgan fingerprint density at radius 2 is 1.58 bits per heavy atom. The van der Waals surface area contributed by atoms with Gasteiger partial charge in [-0.05, 0) is 12.1 Å². The van der Waals surface area contributed by atoms with E-state index in [1.807, 2.05) is 18.2 Å². The van der Waals surface area contributed by atoms with E-state index in [1.54, 1.807) is 21.3 Å². The molecule has 7 heteroatoms. The SMILES string of the molecule is COc1cc2c(c(OC)c1OC)OCC1c3cc4c(cc3OC21)OCO4. The van der Waals surface area contributed by atoms with Crippen LogP contribution in [0.4, 0.5) is 0 Å². The van der Waals surface area contributed by atoms with E-state index in [4.69, 9.17) is 33.2 Å². The first kappa shape index (κ1) is 15.3. The van der Waals surface area contributed by atoms with Crippen LogP contribution in [0.1, 0.15) is 23.1 Å². The lowest BCUT2D eigenvalue weighted by atomic mass is 9.88. The van der Waals surface area contributed by atoms with Gasteiger partial charge in [-0.3, -0.25) is 0 Å². The number of rotatable bonds is 3. The van der Waals surface area contributed by atoms with Crippen molar-refractivity contribution >= 4 is 0 Å². The first-order chi connectivity index (χ1) is 12.7. The summed E-state index contributed by atoms with van der Waals surface area (Å²) >= 11 is 0. The van der Waals surface area contributed by atoms with Crippen LogP contribution in [0.25, 0.3) is 0 Å². The highest BCUT2D eigenvalue weighted by atomic mass is 16.7. The number of ether oxygens (including phenoxy) is 7. The van der Waals surface area contributed by atoms with Gasteiger partial charge in [0.1, 0.15) is 11.9 Å². The summed E-state index contributed by atoms with van der Waals surface area (Å²) in [5, 5.41) is 0. The van der Waals surface area contributed by atoms with Gasteiger partial charge in [-0.1, -0.05) is 0 Å². The topological polar surface area (TPSA) is 64.6 Å². The van der Waals surface area contributed by atoms with Crippen LogP contribution in [-0.2, 0) is 0 Å². The smallest absolute Gasteiger partial charge is 0.231 e. The van der Waals surface area contributed by atoms with E-state index in [1.165, 1.54) is 0 Å². The van der Waals surface area contributed by atoms with Crippen LogP contribution in [0.2, 0.25) is 0 Å². The molecule has 0 aromatic heterocycles. The van der Waals surface area contributed by atoms with E-state index in [0.29, 0.717) is 35.4 Å². The van der Waals surface area contributed by atoms with Crippen LogP contribution in [0.3, 0.4) is 0 Å². The molecule has 2 aromatic carbocycles. The van der Waals surface area contributed by atoms with Crippen molar-refractivity contribution in [2.75, 3.05) is 34.7 Å². The largest absolute Gasteiger partial charge is 0.493 e. The van der Waals surface area contributed by atoms with Crippen molar-refractivity contribution < 1.29 is 33.2 Å². The first-order valence-corrected chi connectivity index (χ1v) is 8.31. The van der Waals surface area contributed by atoms with Gasteiger partial charge in [-0.2, -0.15) is 0 Å². The predicted octanol–water partition coefficient (Wildman–Crippen LogP) is 3.05. The summed E-state index contributed by atoms with van der Waals surface area (Å²) in [5.41, 5.74) is 1.92. The minimum absolute atomic E-state index is 0.0507. The van der Waals surface area contributed by atoms with Crippen LogP contribution >= 0.6 is 0 Å². The molecule has 0 fully saturated rings. The van der Waals surface area contributed by atoms with E-state index >= 15 is 0 Å². The van der Waals surface area contributed by atoms with Gasteiger partial charge in [0, 0.05) is 17.2 Å². The summed E-state index contributed by atoms with van der Waals surface area (Å²) in [6.07, 6.45) is -0.204. The van der Waals surface area contributed by atoms with Crippen LogP contribution < -0.4 is 33.2 Å². The molecule has 2 aromatic rings. The van der Waals surface area contributed by atoms with Crippen LogP contribution in [0.5, 0.6) is 40.2 Å². The van der Waals surface area contributed by atoms with Gasteiger partial charge in [0.2, 0.25) is 18.3 Å². The zero-order valence-electron chi connectivity index (χ0n) is 14.7. The molecule has 3 aliphatic heterocycles. The second-order valence-electron chi connectivity index (χ2n) is 6.26. The maximum atomic E-state index is 6.27. The molecular weight excluding hydrogens is 340 g/mol. The Kier molecular flexibility index (Phi) is 3.25. The highest BCUT2D eigenvalue weighted by Gasteiger charge is 2.44. The Labute approximate surface area is 150 Å². The quantitative estimate of drug-likeness (QED) is 0.835. The molecule has 0 spiro atoms. The van der Waals surface area contributed by atoms with E-state index in [2.05, 4.69) is 0 Å². The number of hydrogen-bond donors (Lipinski definition) is 0. The molecule has 0 N–H and O–H groups in total. The lowest BCUT2D eigenvalue weighted by Gasteiger charge is -2.30. The van der Waals surface area contributed by atoms with Crippen molar-refractivity contribution in [1.29, 1.82) is 0 Å². The molecule has 3 aliphatic rings. The average Bonchev–Trinajstić information content (AvgIpc) is 3.27. The zero-order chi connectivity index (χ0) is 17.8. The van der Waals surface area contributed by atoms with Gasteiger partial charge < -0.3 is 33.2 Å². The van der Waals surface area contributed by atoms with Crippen molar-refractivity contribution in [1.82, 2.24) is 0 Å². The monoisotopic (exact) mass is 358 g/mol.